The summed E-state index contributed by atoms with van der Waals surface area (Å²) in [6.45, 7) is 0. The van der Waals surface area contributed by atoms with E-state index in [0.717, 1.165) is 0 Å². The van der Waals surface area contributed by atoms with Crippen LogP contribution >= 0.6 is 23.2 Å². The van der Waals surface area contributed by atoms with Crippen LogP contribution in [0, 0.1) is 0 Å². The summed E-state index contributed by atoms with van der Waals surface area (Å²) in [5.41, 5.74) is 0. The highest BCUT2D eigenvalue weighted by atomic mass is 35.5. The second-order valence-corrected chi connectivity index (χ2v) is 1.95. The first kappa shape index (κ1) is 6.18. The van der Waals surface area contributed by atoms with Gasteiger partial charge in [-0.15, -0.1) is 0 Å². The van der Waals surface area contributed by atoms with Crippen LogP contribution in [0.1, 0.15) is 0 Å². The van der Waals surface area contributed by atoms with E-state index in [4.69, 9.17) is 0 Å². The van der Waals surface area contributed by atoms with Crippen LogP contribution in [0.5, 0.6) is 0 Å². The summed E-state index contributed by atoms with van der Waals surface area (Å²) in [6.07, 6.45) is -0.198. The summed E-state index contributed by atoms with van der Waals surface area (Å²) in [6, 6.07) is 0. The number of carbonyl (C=O) groups is 1. The number of hydrogen-bond acceptors (Lipinski definition) is 1. The minimum absolute atomic E-state index is 0.198. The van der Waals surface area contributed by atoms with Gasteiger partial charge < -0.3 is 0 Å². The molecule has 1 nitrogen and oxygen atoms in total. The number of alkyl halides is 3. The number of rotatable bonds is 1. The molecule has 0 aliphatic carbocycles. The van der Waals surface area contributed by atoms with Crippen molar-refractivity contribution in [1.29, 1.82) is 0 Å². The number of aldehydes is 1. The highest BCUT2D eigenvalue weighted by Crippen LogP contribution is 2.17. The van der Waals surface area contributed by atoms with Crippen LogP contribution in [-0.2, 0) is 4.79 Å². The Morgan fingerprint density at radius 1 is 1.67 bits per heavy atom. The smallest absolute Gasteiger partial charge is 0.297 e. The zero-order valence-electron chi connectivity index (χ0n) is 2.62. The average molecular weight is 131 g/mol. The van der Waals surface area contributed by atoms with E-state index in [2.05, 4.69) is 23.2 Å². The predicted octanol–water partition coefficient (Wildman–Crippen LogP) is 1.29. The van der Waals surface area contributed by atoms with Crippen molar-refractivity contribution in [3.63, 3.8) is 0 Å². The van der Waals surface area contributed by atoms with Crippen molar-refractivity contribution in [3.8, 4) is 0 Å². The molecule has 0 saturated heterocycles. The molecule has 0 aliphatic rings. The van der Waals surface area contributed by atoms with E-state index in [1.54, 1.807) is 0 Å². The molecule has 0 unspecified atom stereocenters. The van der Waals surface area contributed by atoms with Gasteiger partial charge in [0.15, 0.2) is 6.29 Å². The molecule has 4 heteroatoms. The van der Waals surface area contributed by atoms with Crippen molar-refractivity contribution in [1.82, 2.24) is 0 Å². The monoisotopic (exact) mass is 130 g/mol. The summed E-state index contributed by atoms with van der Waals surface area (Å²) in [4.78, 5) is 9.19. The third kappa shape index (κ3) is 4.18. The Labute approximate surface area is 44.0 Å². The van der Waals surface area contributed by atoms with Gasteiger partial charge in [-0.25, -0.2) is 0 Å². The molecule has 0 radical (unpaired) electrons. The summed E-state index contributed by atoms with van der Waals surface area (Å²) < 4.78 is 8.59. The molecule has 0 aromatic carbocycles. The maximum absolute atomic E-state index is 11.3. The first-order chi connectivity index (χ1) is 2.56. The van der Waals surface area contributed by atoms with Gasteiger partial charge in [-0.2, -0.15) is 4.39 Å². The maximum Gasteiger partial charge on any atom is 0.313 e. The fourth-order valence-electron chi connectivity index (χ4n) is 0. The summed E-state index contributed by atoms with van der Waals surface area (Å²) in [5, 5.41) is 0. The van der Waals surface area contributed by atoms with Crippen LogP contribution < -0.4 is 0 Å². The first-order valence-corrected chi connectivity index (χ1v) is 1.85. The van der Waals surface area contributed by atoms with Gasteiger partial charge in [-0.05, 0) is 0 Å². The third-order valence-corrected chi connectivity index (χ3v) is 0.312. The van der Waals surface area contributed by atoms with Crippen LogP contribution in [0.15, 0.2) is 0 Å². The Morgan fingerprint density at radius 2 is 1.83 bits per heavy atom. The second-order valence-electron chi connectivity index (χ2n) is 0.659. The summed E-state index contributed by atoms with van der Waals surface area (Å²) in [5.74, 6) is 0. The van der Waals surface area contributed by atoms with Gasteiger partial charge in [0, 0.05) is 0 Å². The molecule has 0 bridgehead atoms. The van der Waals surface area contributed by atoms with Gasteiger partial charge in [0.1, 0.15) is 0 Å². The molecular formula is C2HCl2FO. The minimum atomic E-state index is -2.69. The van der Waals surface area contributed by atoms with Crippen molar-refractivity contribution < 1.29 is 9.18 Å². The van der Waals surface area contributed by atoms with Crippen LogP contribution in [0.25, 0.3) is 0 Å². The fourth-order valence-corrected chi connectivity index (χ4v) is 0. The lowest BCUT2D eigenvalue weighted by molar-refractivity contribution is -0.111. The van der Waals surface area contributed by atoms with E-state index in [1.807, 2.05) is 0 Å². The summed E-state index contributed by atoms with van der Waals surface area (Å²) in [7, 11) is 0. The lowest BCUT2D eigenvalue weighted by Crippen LogP contribution is -2.02. The van der Waals surface area contributed by atoms with E-state index < -0.39 is 4.59 Å². The van der Waals surface area contributed by atoms with Crippen molar-refractivity contribution in [2.45, 2.75) is 4.59 Å². The first-order valence-electron chi connectivity index (χ1n) is 1.09. The fraction of sp³-hybridized carbons (Fsp3) is 0.500. The molecule has 0 N–H and O–H groups in total. The van der Waals surface area contributed by atoms with E-state index in [9.17, 15) is 9.18 Å². The Kier molecular flexibility index (Phi) is 1.81. The molecule has 0 heterocycles. The van der Waals surface area contributed by atoms with Crippen LogP contribution in [0.4, 0.5) is 4.39 Å². The van der Waals surface area contributed by atoms with Crippen molar-refractivity contribution in [3.05, 3.63) is 0 Å². The molecule has 0 amide bonds. The summed E-state index contributed by atoms with van der Waals surface area (Å²) >= 11 is 8.90. The highest BCUT2D eigenvalue weighted by molar-refractivity contribution is 6.54. The Morgan fingerprint density at radius 3 is 1.83 bits per heavy atom. The molecule has 6 heavy (non-hydrogen) atoms. The molecule has 0 aliphatic heterocycles. The van der Waals surface area contributed by atoms with E-state index in [-0.39, 0.29) is 6.29 Å². The third-order valence-electron chi connectivity index (χ3n) is 0.134. The molecule has 0 aromatic rings. The molecule has 0 atom stereocenters. The van der Waals surface area contributed by atoms with Gasteiger partial charge in [-0.1, -0.05) is 23.2 Å². The van der Waals surface area contributed by atoms with Crippen LogP contribution in [0.3, 0.4) is 0 Å². The molecule has 36 valence electrons. The van der Waals surface area contributed by atoms with Crippen molar-refractivity contribution in [2.75, 3.05) is 0 Å². The quantitative estimate of drug-likeness (QED) is 0.387. The second kappa shape index (κ2) is 1.76. The lowest BCUT2D eigenvalue weighted by atomic mass is 10.9. The minimum Gasteiger partial charge on any atom is -0.297 e. The predicted molar refractivity (Wildman–Crippen MR) is 21.6 cm³/mol. The number of hydrogen-bond donors (Lipinski definition) is 0. The van der Waals surface area contributed by atoms with Gasteiger partial charge >= 0.3 is 4.59 Å². The lowest BCUT2D eigenvalue weighted by Gasteiger charge is -1.91. The van der Waals surface area contributed by atoms with E-state index in [0.29, 0.717) is 0 Å². The van der Waals surface area contributed by atoms with E-state index in [1.165, 1.54) is 0 Å². The SMILES string of the molecule is O=CC(F)(Cl)Cl. The molecular weight excluding hydrogens is 130 g/mol. The van der Waals surface area contributed by atoms with Gasteiger partial charge in [0.25, 0.3) is 0 Å². The zero-order chi connectivity index (χ0) is 5.21. The molecule has 0 rings (SSSR count). The molecule has 0 spiro atoms. The maximum atomic E-state index is 11.3. The van der Waals surface area contributed by atoms with Crippen LogP contribution in [-0.4, -0.2) is 10.9 Å². The number of halogens is 3. The largest absolute Gasteiger partial charge is 0.313 e. The topological polar surface area (TPSA) is 17.1 Å². The molecule has 0 fully saturated rings. The zero-order valence-corrected chi connectivity index (χ0v) is 4.13. The molecule has 0 saturated carbocycles. The van der Waals surface area contributed by atoms with Gasteiger partial charge in [0.05, 0.1) is 0 Å². The average Bonchev–Trinajstić information content (AvgIpc) is 1.35. The number of carbonyl (C=O) groups excluding carboxylic acids is 1. The van der Waals surface area contributed by atoms with E-state index >= 15 is 0 Å². The standard InChI is InChI=1S/C2HCl2FO/c3-2(4,5)1-6/h1H. The van der Waals surface area contributed by atoms with Gasteiger partial charge in [0.2, 0.25) is 0 Å². The highest BCUT2D eigenvalue weighted by Gasteiger charge is 2.18. The van der Waals surface area contributed by atoms with Crippen molar-refractivity contribution >= 4 is 29.5 Å². The Bertz CT molecular complexity index is 57.1. The molecule has 0 aromatic heterocycles. The normalized spacial score (nSPS) is 11.2. The van der Waals surface area contributed by atoms with Crippen LogP contribution in [0.2, 0.25) is 0 Å². The van der Waals surface area contributed by atoms with Gasteiger partial charge in [-0.3, -0.25) is 4.79 Å². The van der Waals surface area contributed by atoms with Crippen molar-refractivity contribution in [2.24, 2.45) is 0 Å². The Balaban J connectivity index is 3.45. The Hall–Kier alpha value is 0.180.